The highest BCUT2D eigenvalue weighted by atomic mass is 16.5. The summed E-state index contributed by atoms with van der Waals surface area (Å²) in [6.45, 7) is 4.19. The molecule has 0 radical (unpaired) electrons. The number of methoxy groups -OCH3 is 1. The first-order chi connectivity index (χ1) is 15.3. The van der Waals surface area contributed by atoms with E-state index in [1.807, 2.05) is 24.4 Å². The van der Waals surface area contributed by atoms with Crippen LogP contribution in [0.15, 0.2) is 79.0 Å². The molecule has 5 heteroatoms. The van der Waals surface area contributed by atoms with Crippen LogP contribution in [0.1, 0.15) is 0 Å². The molecule has 0 saturated carbocycles. The summed E-state index contributed by atoms with van der Waals surface area (Å²) in [7, 11) is 1.69. The highest BCUT2D eigenvalue weighted by molar-refractivity contribution is 5.95. The Labute approximate surface area is 182 Å². The van der Waals surface area contributed by atoms with E-state index in [1.54, 1.807) is 7.11 Å². The molecule has 4 aromatic rings. The topological polar surface area (TPSA) is 49.4 Å². The Bertz CT molecular complexity index is 1170. The predicted octanol–water partition coefficient (Wildman–Crippen LogP) is 5.06. The van der Waals surface area contributed by atoms with Crippen LogP contribution in [0.4, 0.5) is 17.1 Å². The largest absolute Gasteiger partial charge is 0.497 e. The molecule has 31 heavy (non-hydrogen) atoms. The van der Waals surface area contributed by atoms with Gasteiger partial charge in [0.25, 0.3) is 0 Å². The maximum atomic E-state index is 5.28. The van der Waals surface area contributed by atoms with Crippen LogP contribution in [0.2, 0.25) is 0 Å². The van der Waals surface area contributed by atoms with Gasteiger partial charge in [-0.2, -0.15) is 0 Å². The van der Waals surface area contributed by atoms with Gasteiger partial charge in [0, 0.05) is 54.8 Å². The average Bonchev–Trinajstić information content (AvgIpc) is 2.85. The summed E-state index contributed by atoms with van der Waals surface area (Å²) in [5, 5.41) is 8.08. The Kier molecular flexibility index (Phi) is 5.42. The van der Waals surface area contributed by atoms with E-state index in [-0.39, 0.29) is 0 Å². The van der Waals surface area contributed by atoms with Crippen molar-refractivity contribution in [1.82, 2.24) is 10.3 Å². The van der Waals surface area contributed by atoms with Gasteiger partial charge in [-0.25, -0.2) is 0 Å². The van der Waals surface area contributed by atoms with Crippen molar-refractivity contribution in [3.63, 3.8) is 0 Å². The summed E-state index contributed by atoms with van der Waals surface area (Å²) in [6, 6.07) is 25.2. The minimum atomic E-state index is 0.859. The summed E-state index contributed by atoms with van der Waals surface area (Å²) >= 11 is 0. The molecule has 0 bridgehead atoms. The summed E-state index contributed by atoms with van der Waals surface area (Å²) in [5.41, 5.74) is 6.67. The van der Waals surface area contributed by atoms with Crippen molar-refractivity contribution in [1.29, 1.82) is 0 Å². The van der Waals surface area contributed by atoms with E-state index in [4.69, 9.17) is 4.74 Å². The second-order valence-electron chi connectivity index (χ2n) is 7.73. The van der Waals surface area contributed by atoms with Crippen molar-refractivity contribution in [2.45, 2.75) is 0 Å². The lowest BCUT2D eigenvalue weighted by Crippen LogP contribution is -2.43. The number of rotatable bonds is 5. The molecule has 1 saturated heterocycles. The maximum absolute atomic E-state index is 5.28. The molecule has 0 unspecified atom stereocenters. The van der Waals surface area contributed by atoms with Crippen LogP contribution in [0.5, 0.6) is 5.75 Å². The second-order valence-corrected chi connectivity index (χ2v) is 7.73. The Hall–Kier alpha value is -3.57. The molecule has 0 spiro atoms. The van der Waals surface area contributed by atoms with Crippen molar-refractivity contribution < 1.29 is 4.74 Å². The zero-order valence-corrected chi connectivity index (χ0v) is 17.6. The summed E-state index contributed by atoms with van der Waals surface area (Å²) in [5.74, 6) is 0.859. The molecular weight excluding hydrogens is 384 g/mol. The smallest absolute Gasteiger partial charge is 0.118 e. The quantitative estimate of drug-likeness (QED) is 0.481. The molecule has 156 valence electrons. The number of pyridine rings is 1. The average molecular weight is 411 g/mol. The third-order valence-electron chi connectivity index (χ3n) is 5.79. The summed E-state index contributed by atoms with van der Waals surface area (Å²) in [6.07, 6.45) is 1.85. The van der Waals surface area contributed by atoms with Crippen molar-refractivity contribution in [3.8, 4) is 16.9 Å². The normalized spacial score (nSPS) is 13.9. The van der Waals surface area contributed by atoms with E-state index in [1.165, 1.54) is 5.69 Å². The van der Waals surface area contributed by atoms with Gasteiger partial charge in [0.2, 0.25) is 0 Å². The summed E-state index contributed by atoms with van der Waals surface area (Å²) in [4.78, 5) is 6.97. The number of nitrogens with one attached hydrogen (secondary N) is 2. The number of anilines is 3. The Morgan fingerprint density at radius 2 is 1.61 bits per heavy atom. The van der Waals surface area contributed by atoms with E-state index >= 15 is 0 Å². The molecule has 0 aliphatic carbocycles. The third-order valence-corrected chi connectivity index (χ3v) is 5.79. The van der Waals surface area contributed by atoms with Crippen molar-refractivity contribution in [2.24, 2.45) is 0 Å². The Morgan fingerprint density at radius 3 is 2.35 bits per heavy atom. The van der Waals surface area contributed by atoms with Crippen molar-refractivity contribution in [3.05, 3.63) is 79.0 Å². The molecule has 2 N–H and O–H groups in total. The van der Waals surface area contributed by atoms with Gasteiger partial charge in [0.15, 0.2) is 0 Å². The first kappa shape index (κ1) is 19.4. The summed E-state index contributed by atoms with van der Waals surface area (Å²) < 4.78 is 5.28. The number of piperazine rings is 1. The van der Waals surface area contributed by atoms with E-state index in [2.05, 4.69) is 75.1 Å². The lowest BCUT2D eigenvalue weighted by atomic mass is 10.0. The minimum Gasteiger partial charge on any atom is -0.497 e. The van der Waals surface area contributed by atoms with E-state index < -0.39 is 0 Å². The van der Waals surface area contributed by atoms with Crippen LogP contribution in [-0.2, 0) is 0 Å². The van der Waals surface area contributed by atoms with Gasteiger partial charge in [-0.1, -0.05) is 18.2 Å². The van der Waals surface area contributed by atoms with Gasteiger partial charge in [-0.05, 0) is 65.7 Å². The molecular formula is C26H26N4O. The number of ether oxygens (including phenoxy) is 1. The van der Waals surface area contributed by atoms with Gasteiger partial charge in [-0.15, -0.1) is 0 Å². The molecule has 1 fully saturated rings. The van der Waals surface area contributed by atoms with E-state index in [0.717, 1.165) is 65.3 Å². The first-order valence-electron chi connectivity index (χ1n) is 10.7. The zero-order chi connectivity index (χ0) is 21.0. The number of aromatic nitrogens is 1. The fourth-order valence-electron chi connectivity index (χ4n) is 4.05. The molecule has 5 nitrogen and oxygen atoms in total. The lowest BCUT2D eigenvalue weighted by molar-refractivity contribution is 0.415. The molecule has 0 atom stereocenters. The van der Waals surface area contributed by atoms with E-state index in [0.29, 0.717) is 0 Å². The maximum Gasteiger partial charge on any atom is 0.118 e. The zero-order valence-electron chi connectivity index (χ0n) is 17.6. The van der Waals surface area contributed by atoms with Crippen LogP contribution in [0.3, 0.4) is 0 Å². The molecule has 1 aliphatic heterocycles. The number of nitrogens with zero attached hydrogens (tertiary/aromatic N) is 2. The van der Waals surface area contributed by atoms with Crippen LogP contribution >= 0.6 is 0 Å². The number of fused-ring (bicyclic) bond motifs is 1. The number of benzene rings is 3. The van der Waals surface area contributed by atoms with Crippen LogP contribution in [-0.4, -0.2) is 38.3 Å². The van der Waals surface area contributed by atoms with Crippen molar-refractivity contribution >= 4 is 28.0 Å². The van der Waals surface area contributed by atoms with Gasteiger partial charge in [0.05, 0.1) is 12.6 Å². The molecule has 0 amide bonds. The number of hydrogen-bond acceptors (Lipinski definition) is 5. The highest BCUT2D eigenvalue weighted by Gasteiger charge is 2.10. The standard InChI is InChI=1S/C26H26N4O/c1-31-23-9-2-19(3-10-23)20-4-11-25-24(18-20)26(12-13-28-25)29-21-5-7-22(8-6-21)30-16-14-27-15-17-30/h2-13,18,27H,14-17H2,1H3,(H,28,29). The van der Waals surface area contributed by atoms with Crippen molar-refractivity contribution in [2.75, 3.05) is 43.5 Å². The molecule has 5 rings (SSSR count). The second kappa shape index (κ2) is 8.66. The van der Waals surface area contributed by atoms with Gasteiger partial charge in [-0.3, -0.25) is 4.98 Å². The highest BCUT2D eigenvalue weighted by Crippen LogP contribution is 2.31. The molecule has 1 aliphatic rings. The fourth-order valence-corrected chi connectivity index (χ4v) is 4.05. The Balaban J connectivity index is 1.42. The van der Waals surface area contributed by atoms with Crippen LogP contribution < -0.4 is 20.3 Å². The SMILES string of the molecule is COc1ccc(-c2ccc3nccc(Nc4ccc(N5CCNCC5)cc4)c3c2)cc1. The van der Waals surface area contributed by atoms with Crippen LogP contribution in [0, 0.1) is 0 Å². The third kappa shape index (κ3) is 4.18. The molecule has 3 aromatic carbocycles. The molecule has 1 aromatic heterocycles. The number of hydrogen-bond donors (Lipinski definition) is 2. The monoisotopic (exact) mass is 410 g/mol. The Morgan fingerprint density at radius 1 is 0.871 bits per heavy atom. The fraction of sp³-hybridized carbons (Fsp3) is 0.192. The molecule has 2 heterocycles. The van der Waals surface area contributed by atoms with Gasteiger partial charge < -0.3 is 20.3 Å². The predicted molar refractivity (Wildman–Crippen MR) is 129 cm³/mol. The van der Waals surface area contributed by atoms with Gasteiger partial charge >= 0.3 is 0 Å². The lowest BCUT2D eigenvalue weighted by Gasteiger charge is -2.29. The van der Waals surface area contributed by atoms with E-state index in [9.17, 15) is 0 Å². The minimum absolute atomic E-state index is 0.859. The first-order valence-corrected chi connectivity index (χ1v) is 10.7. The van der Waals surface area contributed by atoms with Crippen LogP contribution in [0.25, 0.3) is 22.0 Å². The van der Waals surface area contributed by atoms with Gasteiger partial charge in [0.1, 0.15) is 5.75 Å².